The molecule has 0 aliphatic carbocycles. The molecule has 0 spiro atoms. The van der Waals surface area contributed by atoms with Crippen molar-refractivity contribution in [2.45, 2.75) is 38.1 Å². The number of nitrogens with zero attached hydrogens (tertiary/aromatic N) is 2. The fourth-order valence-corrected chi connectivity index (χ4v) is 4.88. The van der Waals surface area contributed by atoms with Crippen LogP contribution in [0.3, 0.4) is 0 Å². The Bertz CT molecular complexity index is 1070. The number of sulfonamides is 1. The summed E-state index contributed by atoms with van der Waals surface area (Å²) >= 11 is 6.06. The van der Waals surface area contributed by atoms with E-state index in [0.717, 1.165) is 6.42 Å². The van der Waals surface area contributed by atoms with Crippen LogP contribution in [0.5, 0.6) is 0 Å². The number of urea groups is 1. The number of fused-ring (bicyclic) bond motifs is 1. The Kier molecular flexibility index (Phi) is 5.86. The minimum Gasteiger partial charge on any atom is -0.352 e. The molecule has 154 valence electrons. The molecule has 1 aliphatic heterocycles. The molecular weight excluding hydrogens is 414 g/mol. The van der Waals surface area contributed by atoms with E-state index in [4.69, 9.17) is 11.6 Å². The predicted molar refractivity (Wildman–Crippen MR) is 113 cm³/mol. The second-order valence-electron chi connectivity index (χ2n) is 6.91. The molecule has 7 nitrogen and oxygen atoms in total. The molecule has 3 rings (SSSR count). The van der Waals surface area contributed by atoms with Crippen LogP contribution < -0.4 is 14.5 Å². The van der Waals surface area contributed by atoms with Crippen molar-refractivity contribution in [2.75, 3.05) is 15.7 Å². The van der Waals surface area contributed by atoms with Gasteiger partial charge in [-0.1, -0.05) is 36.7 Å². The van der Waals surface area contributed by atoms with Crippen molar-refractivity contribution in [3.8, 4) is 0 Å². The monoisotopic (exact) mass is 435 g/mol. The van der Waals surface area contributed by atoms with Crippen molar-refractivity contribution in [1.29, 1.82) is 0 Å². The topological polar surface area (TPSA) is 86.8 Å². The number of carbonyl (C=O) groups excluding carboxylic acids is 2. The van der Waals surface area contributed by atoms with Gasteiger partial charge in [0.25, 0.3) is 10.0 Å². The van der Waals surface area contributed by atoms with E-state index in [0.29, 0.717) is 14.9 Å². The van der Waals surface area contributed by atoms with E-state index < -0.39 is 16.1 Å². The summed E-state index contributed by atoms with van der Waals surface area (Å²) in [5.41, 5.74) is 0.895. The summed E-state index contributed by atoms with van der Waals surface area (Å²) in [6, 6.07) is 9.94. The number of aryl methyl sites for hydroxylation is 1. The Balaban J connectivity index is 2.12. The van der Waals surface area contributed by atoms with Crippen molar-refractivity contribution in [3.05, 3.63) is 53.1 Å². The van der Waals surface area contributed by atoms with Crippen LogP contribution >= 0.6 is 11.6 Å². The fraction of sp³-hybridized carbons (Fsp3) is 0.300. The van der Waals surface area contributed by atoms with Gasteiger partial charge in [-0.25, -0.2) is 13.2 Å². The fourth-order valence-electron chi connectivity index (χ4n) is 3.06. The van der Waals surface area contributed by atoms with Gasteiger partial charge in [-0.3, -0.25) is 9.69 Å². The molecule has 1 aliphatic rings. The zero-order valence-electron chi connectivity index (χ0n) is 16.3. The molecule has 1 N–H and O–H groups in total. The van der Waals surface area contributed by atoms with Gasteiger partial charge in [0.15, 0.2) is 0 Å². The van der Waals surface area contributed by atoms with Gasteiger partial charge in [-0.2, -0.15) is 4.31 Å². The van der Waals surface area contributed by atoms with Gasteiger partial charge in [-0.05, 0) is 50.1 Å². The van der Waals surface area contributed by atoms with Crippen molar-refractivity contribution >= 4 is 44.9 Å². The second-order valence-corrected chi connectivity index (χ2v) is 9.11. The average molecular weight is 436 g/mol. The molecule has 1 atom stereocenters. The summed E-state index contributed by atoms with van der Waals surface area (Å²) in [5, 5.41) is 3.10. The second kappa shape index (κ2) is 8.04. The summed E-state index contributed by atoms with van der Waals surface area (Å²) in [5.74, 6) is -0.371. The van der Waals surface area contributed by atoms with Gasteiger partial charge in [0.1, 0.15) is 11.4 Å². The van der Waals surface area contributed by atoms with E-state index in [-0.39, 0.29) is 34.8 Å². The number of nitrogens with one attached hydrogen (secondary N) is 1. The van der Waals surface area contributed by atoms with E-state index in [1.807, 2.05) is 13.8 Å². The lowest BCUT2D eigenvalue weighted by atomic mass is 10.2. The normalized spacial score (nSPS) is 16.3. The summed E-state index contributed by atoms with van der Waals surface area (Å²) in [6.45, 7) is 5.18. The van der Waals surface area contributed by atoms with Gasteiger partial charge in [0.05, 0.1) is 11.4 Å². The van der Waals surface area contributed by atoms with Gasteiger partial charge in [-0.15, -0.1) is 0 Å². The maximum absolute atomic E-state index is 13.3. The third kappa shape index (κ3) is 3.95. The number of benzene rings is 2. The predicted octanol–water partition coefficient (Wildman–Crippen LogP) is 3.70. The largest absolute Gasteiger partial charge is 0.352 e. The molecule has 2 aromatic carbocycles. The lowest BCUT2D eigenvalue weighted by Gasteiger charge is -2.36. The summed E-state index contributed by atoms with van der Waals surface area (Å²) in [4.78, 5) is 26.9. The summed E-state index contributed by atoms with van der Waals surface area (Å²) in [7, 11) is -4.17. The highest BCUT2D eigenvalue weighted by Crippen LogP contribution is 2.38. The number of para-hydroxylation sites is 1. The molecule has 9 heteroatoms. The first-order valence-electron chi connectivity index (χ1n) is 9.18. The molecule has 0 aromatic heterocycles. The van der Waals surface area contributed by atoms with Crippen LogP contribution in [0.2, 0.25) is 5.02 Å². The van der Waals surface area contributed by atoms with E-state index in [9.17, 15) is 18.0 Å². The van der Waals surface area contributed by atoms with Gasteiger partial charge in [0, 0.05) is 11.1 Å². The quantitative estimate of drug-likeness (QED) is 0.775. The molecule has 2 aromatic rings. The SMILES string of the molecule is CC[C@@H](C)NC(=O)CN1C(=O)N(c2cc(Cl)ccc2C)S(=O)(=O)c2ccccc21. The number of hydrogen-bond donors (Lipinski definition) is 1. The van der Waals surface area contributed by atoms with Crippen molar-refractivity contribution in [2.24, 2.45) is 0 Å². The molecule has 0 saturated carbocycles. The molecule has 0 bridgehead atoms. The Hall–Kier alpha value is -2.58. The van der Waals surface area contributed by atoms with Crippen molar-refractivity contribution < 1.29 is 18.0 Å². The van der Waals surface area contributed by atoms with Crippen molar-refractivity contribution in [1.82, 2.24) is 5.32 Å². The van der Waals surface area contributed by atoms with E-state index in [1.165, 1.54) is 23.1 Å². The van der Waals surface area contributed by atoms with Gasteiger partial charge in [0.2, 0.25) is 5.91 Å². The third-order valence-corrected chi connectivity index (χ3v) is 6.76. The summed E-state index contributed by atoms with van der Waals surface area (Å²) in [6.07, 6.45) is 0.735. The lowest BCUT2D eigenvalue weighted by Crippen LogP contribution is -2.54. The first kappa shape index (κ1) is 21.1. The minimum absolute atomic E-state index is 0.0460. The molecule has 3 amide bonds. The number of amides is 3. The molecule has 0 unspecified atom stereocenters. The summed E-state index contributed by atoms with van der Waals surface area (Å²) < 4.78 is 27.3. The Morgan fingerprint density at radius 2 is 1.86 bits per heavy atom. The number of carbonyl (C=O) groups is 2. The maximum Gasteiger partial charge on any atom is 0.343 e. The zero-order chi connectivity index (χ0) is 21.3. The van der Waals surface area contributed by atoms with E-state index in [2.05, 4.69) is 5.32 Å². The highest BCUT2D eigenvalue weighted by Gasteiger charge is 2.43. The van der Waals surface area contributed by atoms with Crippen LogP contribution in [0.4, 0.5) is 16.2 Å². The van der Waals surface area contributed by atoms with Crippen LogP contribution in [0.1, 0.15) is 25.8 Å². The highest BCUT2D eigenvalue weighted by molar-refractivity contribution is 7.94. The number of rotatable bonds is 5. The maximum atomic E-state index is 13.3. The van der Waals surface area contributed by atoms with Crippen LogP contribution in [0.25, 0.3) is 0 Å². The van der Waals surface area contributed by atoms with Crippen LogP contribution in [-0.4, -0.2) is 32.9 Å². The van der Waals surface area contributed by atoms with E-state index in [1.54, 1.807) is 31.2 Å². The molecule has 0 fully saturated rings. The Labute approximate surface area is 175 Å². The highest BCUT2D eigenvalue weighted by atomic mass is 35.5. The van der Waals surface area contributed by atoms with Crippen LogP contribution in [0.15, 0.2) is 47.4 Å². The molecule has 0 radical (unpaired) electrons. The van der Waals surface area contributed by atoms with E-state index >= 15 is 0 Å². The first-order valence-corrected chi connectivity index (χ1v) is 11.0. The minimum atomic E-state index is -4.17. The van der Waals surface area contributed by atoms with Gasteiger partial charge >= 0.3 is 6.03 Å². The number of anilines is 2. The number of halogens is 1. The van der Waals surface area contributed by atoms with Crippen molar-refractivity contribution in [3.63, 3.8) is 0 Å². The average Bonchev–Trinajstić information content (AvgIpc) is 2.67. The smallest absolute Gasteiger partial charge is 0.343 e. The molecular formula is C20H22ClN3O4S. The third-order valence-electron chi connectivity index (χ3n) is 4.79. The zero-order valence-corrected chi connectivity index (χ0v) is 17.9. The lowest BCUT2D eigenvalue weighted by molar-refractivity contribution is -0.120. The number of hydrogen-bond acceptors (Lipinski definition) is 4. The van der Waals surface area contributed by atoms with Gasteiger partial charge < -0.3 is 5.32 Å². The Morgan fingerprint density at radius 1 is 1.17 bits per heavy atom. The standard InChI is InChI=1S/C20H22ClN3O4S/c1-4-14(3)22-19(25)12-23-16-7-5-6-8-18(16)29(27,28)24(20(23)26)17-11-15(21)10-9-13(17)2/h5-11,14H,4,12H2,1-3H3,(H,22,25)/t14-/m1/s1. The Morgan fingerprint density at radius 3 is 2.55 bits per heavy atom. The van der Waals surface area contributed by atoms with Crippen LogP contribution in [-0.2, 0) is 14.8 Å². The molecule has 1 heterocycles. The first-order chi connectivity index (χ1) is 13.7. The van der Waals surface area contributed by atoms with Crippen LogP contribution in [0, 0.1) is 6.92 Å². The molecule has 0 saturated heterocycles. The molecule has 29 heavy (non-hydrogen) atoms.